The summed E-state index contributed by atoms with van der Waals surface area (Å²) in [6.45, 7) is 5.71. The van der Waals surface area contributed by atoms with Gasteiger partial charge in [-0.05, 0) is 31.9 Å². The maximum atomic E-state index is 12.2. The standard InChI is InChI=1S/C14H20N4O2/c1-11-4-5-13(16-15-11)17-6-8-18(9-7-17)14(19)12-3-2-10-20-12/h4-5,12H,2-3,6-10H2,1H3/t12-/m0/s1. The van der Waals surface area contributed by atoms with Crippen molar-refractivity contribution in [1.82, 2.24) is 15.1 Å². The van der Waals surface area contributed by atoms with Crippen molar-refractivity contribution in [1.29, 1.82) is 0 Å². The Labute approximate surface area is 118 Å². The molecule has 1 amide bonds. The van der Waals surface area contributed by atoms with Gasteiger partial charge in [0.2, 0.25) is 0 Å². The zero-order chi connectivity index (χ0) is 13.9. The molecule has 0 unspecified atom stereocenters. The predicted octanol–water partition coefficient (Wildman–Crippen LogP) is 0.613. The number of ether oxygens (including phenoxy) is 1. The topological polar surface area (TPSA) is 58.6 Å². The minimum absolute atomic E-state index is 0.150. The lowest BCUT2D eigenvalue weighted by atomic mass is 10.2. The molecule has 1 atom stereocenters. The molecule has 2 saturated heterocycles. The smallest absolute Gasteiger partial charge is 0.251 e. The number of aromatic nitrogens is 2. The van der Waals surface area contributed by atoms with Gasteiger partial charge in [0.15, 0.2) is 5.82 Å². The molecule has 6 nitrogen and oxygen atoms in total. The Morgan fingerprint density at radius 2 is 2.05 bits per heavy atom. The monoisotopic (exact) mass is 276 g/mol. The molecular weight excluding hydrogens is 256 g/mol. The summed E-state index contributed by atoms with van der Waals surface area (Å²) in [6, 6.07) is 3.95. The van der Waals surface area contributed by atoms with Crippen LogP contribution in [0.5, 0.6) is 0 Å². The molecule has 0 N–H and O–H groups in total. The molecule has 6 heteroatoms. The molecule has 3 rings (SSSR count). The second-order valence-electron chi connectivity index (χ2n) is 5.35. The average Bonchev–Trinajstić information content (AvgIpc) is 3.02. The van der Waals surface area contributed by atoms with Gasteiger partial charge in [-0.1, -0.05) is 0 Å². The normalized spacial score (nSPS) is 23.1. The zero-order valence-corrected chi connectivity index (χ0v) is 11.8. The first-order valence-electron chi connectivity index (χ1n) is 7.20. The lowest BCUT2D eigenvalue weighted by Crippen LogP contribution is -2.51. The van der Waals surface area contributed by atoms with Crippen LogP contribution in [0.3, 0.4) is 0 Å². The van der Waals surface area contributed by atoms with Crippen molar-refractivity contribution in [2.75, 3.05) is 37.7 Å². The van der Waals surface area contributed by atoms with Crippen molar-refractivity contribution in [3.63, 3.8) is 0 Å². The highest BCUT2D eigenvalue weighted by atomic mass is 16.5. The van der Waals surface area contributed by atoms with E-state index in [1.54, 1.807) is 0 Å². The van der Waals surface area contributed by atoms with Crippen molar-refractivity contribution in [2.45, 2.75) is 25.9 Å². The number of piperazine rings is 1. The average molecular weight is 276 g/mol. The summed E-state index contributed by atoms with van der Waals surface area (Å²) in [7, 11) is 0. The maximum absolute atomic E-state index is 12.2. The third kappa shape index (κ3) is 2.75. The largest absolute Gasteiger partial charge is 0.368 e. The molecule has 3 heterocycles. The number of carbonyl (C=O) groups excluding carboxylic acids is 1. The van der Waals surface area contributed by atoms with Gasteiger partial charge in [-0.25, -0.2) is 0 Å². The number of rotatable bonds is 2. The molecule has 0 aliphatic carbocycles. The van der Waals surface area contributed by atoms with Crippen LogP contribution in [0.4, 0.5) is 5.82 Å². The molecule has 0 bridgehead atoms. The van der Waals surface area contributed by atoms with Gasteiger partial charge in [-0.2, -0.15) is 5.10 Å². The summed E-state index contributed by atoms with van der Waals surface area (Å²) in [5.74, 6) is 1.04. The minimum atomic E-state index is -0.208. The van der Waals surface area contributed by atoms with Crippen molar-refractivity contribution in [3.05, 3.63) is 17.8 Å². The van der Waals surface area contributed by atoms with Gasteiger partial charge in [0.25, 0.3) is 5.91 Å². The molecular formula is C14H20N4O2. The van der Waals surface area contributed by atoms with Crippen LogP contribution < -0.4 is 4.90 Å². The molecule has 0 saturated carbocycles. The summed E-state index contributed by atoms with van der Waals surface area (Å²) in [4.78, 5) is 16.3. The fraction of sp³-hybridized carbons (Fsp3) is 0.643. The van der Waals surface area contributed by atoms with E-state index in [-0.39, 0.29) is 12.0 Å². The third-order valence-corrected chi connectivity index (χ3v) is 3.90. The van der Waals surface area contributed by atoms with Crippen molar-refractivity contribution >= 4 is 11.7 Å². The fourth-order valence-electron chi connectivity index (χ4n) is 2.69. The highest BCUT2D eigenvalue weighted by molar-refractivity contribution is 5.81. The van der Waals surface area contributed by atoms with Gasteiger partial charge < -0.3 is 14.5 Å². The van der Waals surface area contributed by atoms with Gasteiger partial charge >= 0.3 is 0 Å². The first kappa shape index (κ1) is 13.3. The lowest BCUT2D eigenvalue weighted by Gasteiger charge is -2.36. The minimum Gasteiger partial charge on any atom is -0.368 e. The summed E-state index contributed by atoms with van der Waals surface area (Å²) >= 11 is 0. The molecule has 1 aromatic rings. The van der Waals surface area contributed by atoms with Gasteiger partial charge in [0.05, 0.1) is 5.69 Å². The van der Waals surface area contributed by atoms with Crippen LogP contribution in [0.2, 0.25) is 0 Å². The quantitative estimate of drug-likeness (QED) is 0.792. The Kier molecular flexibility index (Phi) is 3.82. The van der Waals surface area contributed by atoms with Gasteiger partial charge in [0.1, 0.15) is 6.10 Å². The van der Waals surface area contributed by atoms with Crippen LogP contribution in [0, 0.1) is 6.92 Å². The van der Waals surface area contributed by atoms with E-state index >= 15 is 0 Å². The van der Waals surface area contributed by atoms with Crippen LogP contribution in [-0.2, 0) is 9.53 Å². The molecule has 0 radical (unpaired) electrons. The second kappa shape index (κ2) is 5.75. The number of aryl methyl sites for hydroxylation is 1. The van der Waals surface area contributed by atoms with Gasteiger partial charge in [-0.15, -0.1) is 5.10 Å². The van der Waals surface area contributed by atoms with E-state index in [0.29, 0.717) is 0 Å². The summed E-state index contributed by atoms with van der Waals surface area (Å²) in [5.41, 5.74) is 0.918. The Morgan fingerprint density at radius 3 is 2.65 bits per heavy atom. The van der Waals surface area contributed by atoms with Gasteiger partial charge in [0, 0.05) is 32.8 Å². The van der Waals surface area contributed by atoms with Gasteiger partial charge in [-0.3, -0.25) is 4.79 Å². The van der Waals surface area contributed by atoms with E-state index in [0.717, 1.165) is 57.1 Å². The highest BCUT2D eigenvalue weighted by Crippen LogP contribution is 2.17. The van der Waals surface area contributed by atoms with E-state index in [9.17, 15) is 4.79 Å². The molecule has 2 fully saturated rings. The maximum Gasteiger partial charge on any atom is 0.251 e. The second-order valence-corrected chi connectivity index (χ2v) is 5.35. The Hall–Kier alpha value is -1.69. The number of hydrogen-bond acceptors (Lipinski definition) is 5. The molecule has 2 aliphatic heterocycles. The SMILES string of the molecule is Cc1ccc(N2CCN(C(=O)[C@@H]3CCCO3)CC2)nn1. The third-order valence-electron chi connectivity index (χ3n) is 3.90. The van der Waals surface area contributed by atoms with E-state index in [4.69, 9.17) is 4.74 Å². The van der Waals surface area contributed by atoms with Crippen molar-refractivity contribution in [2.24, 2.45) is 0 Å². The number of amides is 1. The fourth-order valence-corrected chi connectivity index (χ4v) is 2.69. The first-order valence-corrected chi connectivity index (χ1v) is 7.20. The summed E-state index contributed by atoms with van der Waals surface area (Å²) < 4.78 is 5.47. The van der Waals surface area contributed by atoms with Crippen molar-refractivity contribution in [3.8, 4) is 0 Å². The molecule has 108 valence electrons. The molecule has 0 spiro atoms. The van der Waals surface area contributed by atoms with Crippen molar-refractivity contribution < 1.29 is 9.53 Å². The zero-order valence-electron chi connectivity index (χ0n) is 11.8. The van der Waals surface area contributed by atoms with Crippen LogP contribution in [0.1, 0.15) is 18.5 Å². The van der Waals surface area contributed by atoms with E-state index in [1.807, 2.05) is 24.0 Å². The van der Waals surface area contributed by atoms with Crippen LogP contribution in [-0.4, -0.2) is 59.9 Å². The number of hydrogen-bond donors (Lipinski definition) is 0. The molecule has 20 heavy (non-hydrogen) atoms. The Bertz CT molecular complexity index is 463. The Morgan fingerprint density at radius 1 is 1.25 bits per heavy atom. The summed E-state index contributed by atoms with van der Waals surface area (Å²) in [5, 5.41) is 8.28. The predicted molar refractivity (Wildman–Crippen MR) is 74.5 cm³/mol. The number of nitrogens with zero attached hydrogens (tertiary/aromatic N) is 4. The number of anilines is 1. The summed E-state index contributed by atoms with van der Waals surface area (Å²) in [6.07, 6.45) is 1.65. The molecule has 1 aromatic heterocycles. The highest BCUT2D eigenvalue weighted by Gasteiger charge is 2.30. The van der Waals surface area contributed by atoms with Crippen LogP contribution in [0.25, 0.3) is 0 Å². The molecule has 0 aromatic carbocycles. The van der Waals surface area contributed by atoms with Crippen LogP contribution >= 0.6 is 0 Å². The first-order chi connectivity index (χ1) is 9.74. The Balaban J connectivity index is 1.56. The van der Waals surface area contributed by atoms with E-state index < -0.39 is 0 Å². The lowest BCUT2D eigenvalue weighted by molar-refractivity contribution is -0.141. The van der Waals surface area contributed by atoms with E-state index in [2.05, 4.69) is 15.1 Å². The molecule has 2 aliphatic rings. The number of carbonyl (C=O) groups is 1. The van der Waals surface area contributed by atoms with Crippen LogP contribution in [0.15, 0.2) is 12.1 Å². The van der Waals surface area contributed by atoms with E-state index in [1.165, 1.54) is 0 Å².